The van der Waals surface area contributed by atoms with Crippen LogP contribution in [0.2, 0.25) is 5.02 Å². The minimum absolute atomic E-state index is 0.145. The monoisotopic (exact) mass is 368 g/mol. The molecular formula is C15H14BrClN2O2. The van der Waals surface area contributed by atoms with Crippen molar-refractivity contribution in [3.05, 3.63) is 52.0 Å². The number of rotatable bonds is 5. The van der Waals surface area contributed by atoms with Gasteiger partial charge in [0, 0.05) is 10.2 Å². The van der Waals surface area contributed by atoms with Crippen LogP contribution in [0.3, 0.4) is 0 Å². The predicted octanol–water partition coefficient (Wildman–Crippen LogP) is 4.09. The number of amides is 1. The zero-order valence-corrected chi connectivity index (χ0v) is 13.4. The summed E-state index contributed by atoms with van der Waals surface area (Å²) in [7, 11) is 0. The zero-order valence-electron chi connectivity index (χ0n) is 11.1. The fourth-order valence-corrected chi connectivity index (χ4v) is 2.02. The van der Waals surface area contributed by atoms with Crippen LogP contribution < -0.4 is 15.8 Å². The number of ether oxygens (including phenoxy) is 1. The van der Waals surface area contributed by atoms with E-state index >= 15 is 0 Å². The molecule has 110 valence electrons. The van der Waals surface area contributed by atoms with Crippen molar-refractivity contribution in [3.63, 3.8) is 0 Å². The highest BCUT2D eigenvalue weighted by molar-refractivity contribution is 9.10. The smallest absolute Gasteiger partial charge is 0.227 e. The SMILES string of the molecule is Nc1cc(NC(=O)CCOc2ccc(Br)cc2)ccc1Cl. The molecule has 1 amide bonds. The second kappa shape index (κ2) is 7.33. The van der Waals surface area contributed by atoms with E-state index in [9.17, 15) is 4.79 Å². The highest BCUT2D eigenvalue weighted by Gasteiger charge is 2.05. The summed E-state index contributed by atoms with van der Waals surface area (Å²) in [5.41, 5.74) is 6.72. The second-order valence-electron chi connectivity index (χ2n) is 4.34. The van der Waals surface area contributed by atoms with E-state index < -0.39 is 0 Å². The van der Waals surface area contributed by atoms with E-state index in [1.165, 1.54) is 0 Å². The summed E-state index contributed by atoms with van der Waals surface area (Å²) in [6.07, 6.45) is 0.249. The number of nitrogen functional groups attached to an aromatic ring is 1. The molecular weight excluding hydrogens is 356 g/mol. The Morgan fingerprint density at radius 3 is 2.62 bits per heavy atom. The van der Waals surface area contributed by atoms with E-state index in [4.69, 9.17) is 22.1 Å². The van der Waals surface area contributed by atoms with Crippen LogP contribution >= 0.6 is 27.5 Å². The fourth-order valence-electron chi connectivity index (χ4n) is 1.64. The maximum atomic E-state index is 11.8. The molecule has 0 spiro atoms. The molecule has 6 heteroatoms. The molecule has 0 fully saturated rings. The van der Waals surface area contributed by atoms with Crippen molar-refractivity contribution in [3.8, 4) is 5.75 Å². The van der Waals surface area contributed by atoms with E-state index in [1.807, 2.05) is 24.3 Å². The maximum absolute atomic E-state index is 11.8. The molecule has 0 unspecified atom stereocenters. The van der Waals surface area contributed by atoms with Gasteiger partial charge >= 0.3 is 0 Å². The lowest BCUT2D eigenvalue weighted by atomic mass is 10.2. The molecule has 21 heavy (non-hydrogen) atoms. The van der Waals surface area contributed by atoms with Crippen molar-refractivity contribution in [1.82, 2.24) is 0 Å². The van der Waals surface area contributed by atoms with Crippen LogP contribution in [0.1, 0.15) is 6.42 Å². The van der Waals surface area contributed by atoms with Gasteiger partial charge in [-0.2, -0.15) is 0 Å². The van der Waals surface area contributed by atoms with Crippen molar-refractivity contribution < 1.29 is 9.53 Å². The molecule has 2 aromatic rings. The van der Waals surface area contributed by atoms with Gasteiger partial charge in [0.15, 0.2) is 0 Å². The standard InChI is InChI=1S/C15H14BrClN2O2/c16-10-1-4-12(5-2-10)21-8-7-15(20)19-11-3-6-13(17)14(18)9-11/h1-6,9H,7-8,18H2,(H,19,20). The first-order chi connectivity index (χ1) is 10.0. The van der Waals surface area contributed by atoms with Crippen LogP contribution in [0, 0.1) is 0 Å². The van der Waals surface area contributed by atoms with Crippen molar-refractivity contribution in [2.24, 2.45) is 0 Å². The van der Waals surface area contributed by atoms with Gasteiger partial charge in [0.2, 0.25) is 5.91 Å². The molecule has 0 bridgehead atoms. The third kappa shape index (κ3) is 4.95. The zero-order chi connectivity index (χ0) is 15.2. The molecule has 4 nitrogen and oxygen atoms in total. The predicted molar refractivity (Wildman–Crippen MR) is 88.7 cm³/mol. The molecule has 2 rings (SSSR count). The third-order valence-electron chi connectivity index (χ3n) is 2.69. The molecule has 0 saturated heterocycles. The average Bonchev–Trinajstić information content (AvgIpc) is 2.45. The molecule has 3 N–H and O–H groups in total. The van der Waals surface area contributed by atoms with Gasteiger partial charge in [-0.3, -0.25) is 4.79 Å². The van der Waals surface area contributed by atoms with Crippen molar-refractivity contribution in [2.75, 3.05) is 17.7 Å². The topological polar surface area (TPSA) is 64.3 Å². The summed E-state index contributed by atoms with van der Waals surface area (Å²) in [5, 5.41) is 3.20. The Bertz CT molecular complexity index is 632. The Labute approximate surface area is 136 Å². The number of hydrogen-bond acceptors (Lipinski definition) is 3. The lowest BCUT2D eigenvalue weighted by molar-refractivity contribution is -0.116. The summed E-state index contributed by atoms with van der Waals surface area (Å²) in [6.45, 7) is 0.302. The van der Waals surface area contributed by atoms with Crippen molar-refractivity contribution in [2.45, 2.75) is 6.42 Å². The first-order valence-electron chi connectivity index (χ1n) is 6.28. The van der Waals surface area contributed by atoms with Gasteiger partial charge in [0.1, 0.15) is 5.75 Å². The van der Waals surface area contributed by atoms with Crippen LogP contribution in [0.5, 0.6) is 5.75 Å². The van der Waals surface area contributed by atoms with Crippen LogP contribution in [-0.4, -0.2) is 12.5 Å². The Kier molecular flexibility index (Phi) is 5.47. The number of anilines is 2. The van der Waals surface area contributed by atoms with Crippen LogP contribution in [0.15, 0.2) is 46.9 Å². The maximum Gasteiger partial charge on any atom is 0.227 e. The third-order valence-corrected chi connectivity index (χ3v) is 3.56. The molecule has 0 aliphatic heterocycles. The van der Waals surface area contributed by atoms with E-state index in [-0.39, 0.29) is 12.3 Å². The van der Waals surface area contributed by atoms with Crippen molar-refractivity contribution >= 4 is 44.8 Å². The van der Waals surface area contributed by atoms with Gasteiger partial charge in [-0.05, 0) is 42.5 Å². The number of halogens is 2. The summed E-state index contributed by atoms with van der Waals surface area (Å²) < 4.78 is 6.46. The van der Waals surface area contributed by atoms with Crippen LogP contribution in [-0.2, 0) is 4.79 Å². The van der Waals surface area contributed by atoms with E-state index in [2.05, 4.69) is 21.2 Å². The Morgan fingerprint density at radius 1 is 1.24 bits per heavy atom. The van der Waals surface area contributed by atoms with Gasteiger partial charge in [-0.1, -0.05) is 27.5 Å². The molecule has 0 atom stereocenters. The minimum atomic E-state index is -0.145. The molecule has 0 aliphatic carbocycles. The fraction of sp³-hybridized carbons (Fsp3) is 0.133. The largest absolute Gasteiger partial charge is 0.493 e. The number of nitrogens with one attached hydrogen (secondary N) is 1. The summed E-state index contributed by atoms with van der Waals surface area (Å²) >= 11 is 9.16. The molecule has 0 radical (unpaired) electrons. The molecule has 0 heterocycles. The first-order valence-corrected chi connectivity index (χ1v) is 7.45. The molecule has 2 aromatic carbocycles. The van der Waals surface area contributed by atoms with Gasteiger partial charge in [-0.25, -0.2) is 0 Å². The van der Waals surface area contributed by atoms with Crippen LogP contribution in [0.25, 0.3) is 0 Å². The number of benzene rings is 2. The van der Waals surface area contributed by atoms with Crippen molar-refractivity contribution in [1.29, 1.82) is 0 Å². The second-order valence-corrected chi connectivity index (χ2v) is 5.66. The Hall–Kier alpha value is -1.72. The summed E-state index contributed by atoms with van der Waals surface area (Å²) in [6, 6.07) is 12.4. The first kappa shape index (κ1) is 15.7. The van der Waals surface area contributed by atoms with Gasteiger partial charge in [-0.15, -0.1) is 0 Å². The Morgan fingerprint density at radius 2 is 1.95 bits per heavy atom. The highest BCUT2D eigenvalue weighted by Crippen LogP contribution is 2.22. The van der Waals surface area contributed by atoms with E-state index in [0.29, 0.717) is 23.0 Å². The minimum Gasteiger partial charge on any atom is -0.493 e. The van der Waals surface area contributed by atoms with Gasteiger partial charge in [0.25, 0.3) is 0 Å². The van der Waals surface area contributed by atoms with E-state index in [0.717, 1.165) is 10.2 Å². The molecule has 0 aromatic heterocycles. The number of carbonyl (C=O) groups is 1. The molecule has 0 aliphatic rings. The Balaban J connectivity index is 1.79. The van der Waals surface area contributed by atoms with Gasteiger partial charge < -0.3 is 15.8 Å². The van der Waals surface area contributed by atoms with Crippen LogP contribution in [0.4, 0.5) is 11.4 Å². The van der Waals surface area contributed by atoms with E-state index in [1.54, 1.807) is 18.2 Å². The summed E-state index contributed by atoms with van der Waals surface area (Å²) in [4.78, 5) is 11.8. The normalized spacial score (nSPS) is 10.2. The lowest BCUT2D eigenvalue weighted by Crippen LogP contribution is -2.15. The lowest BCUT2D eigenvalue weighted by Gasteiger charge is -2.08. The average molecular weight is 370 g/mol. The number of carbonyl (C=O) groups excluding carboxylic acids is 1. The molecule has 0 saturated carbocycles. The highest BCUT2D eigenvalue weighted by atomic mass is 79.9. The number of nitrogens with two attached hydrogens (primary N) is 1. The summed E-state index contributed by atoms with van der Waals surface area (Å²) in [5.74, 6) is 0.579. The quantitative estimate of drug-likeness (QED) is 0.780. The van der Waals surface area contributed by atoms with Gasteiger partial charge in [0.05, 0.1) is 23.7 Å². The number of hydrogen-bond donors (Lipinski definition) is 2.